The van der Waals surface area contributed by atoms with Crippen molar-refractivity contribution in [1.82, 2.24) is 20.1 Å². The lowest BCUT2D eigenvalue weighted by molar-refractivity contribution is 0.0953. The van der Waals surface area contributed by atoms with Gasteiger partial charge in [-0.1, -0.05) is 12.6 Å². The van der Waals surface area contributed by atoms with E-state index < -0.39 is 0 Å². The zero-order valence-electron chi connectivity index (χ0n) is 13.6. The van der Waals surface area contributed by atoms with E-state index in [2.05, 4.69) is 22.1 Å². The third-order valence-electron chi connectivity index (χ3n) is 3.25. The van der Waals surface area contributed by atoms with Gasteiger partial charge in [0.2, 0.25) is 0 Å². The number of aryl methyl sites for hydroxylation is 1. The maximum absolute atomic E-state index is 12.2. The van der Waals surface area contributed by atoms with Gasteiger partial charge in [-0.05, 0) is 37.6 Å². The lowest BCUT2D eigenvalue weighted by Gasteiger charge is -2.09. The molecule has 1 aromatic carbocycles. The Balaban J connectivity index is 1.88. The van der Waals surface area contributed by atoms with Gasteiger partial charge in [0.15, 0.2) is 0 Å². The van der Waals surface area contributed by atoms with Crippen LogP contribution in [-0.4, -0.2) is 33.8 Å². The Bertz CT molecular complexity index is 679. The number of nitrogens with zero attached hydrogens (tertiary/aromatic N) is 3. The van der Waals surface area contributed by atoms with Gasteiger partial charge in [0.1, 0.15) is 24.5 Å². The van der Waals surface area contributed by atoms with Gasteiger partial charge in [-0.25, -0.2) is 0 Å². The Morgan fingerprint density at radius 1 is 1.43 bits per heavy atom. The Kier molecular flexibility index (Phi) is 5.91. The van der Waals surface area contributed by atoms with Crippen molar-refractivity contribution in [2.24, 2.45) is 0 Å². The molecule has 0 aliphatic heterocycles. The molecule has 0 fully saturated rings. The predicted octanol–water partition coefficient (Wildman–Crippen LogP) is 2.23. The second-order valence-electron chi connectivity index (χ2n) is 5.31. The van der Waals surface area contributed by atoms with E-state index in [-0.39, 0.29) is 5.91 Å². The van der Waals surface area contributed by atoms with Crippen LogP contribution in [0.1, 0.15) is 30.0 Å². The lowest BCUT2D eigenvalue weighted by atomic mass is 10.2. The molecule has 1 heterocycles. The normalized spacial score (nSPS) is 10.3. The molecule has 0 saturated heterocycles. The number of carbonyl (C=O) groups is 1. The predicted molar refractivity (Wildman–Crippen MR) is 88.5 cm³/mol. The summed E-state index contributed by atoms with van der Waals surface area (Å²) in [5, 5.41) is 10.8. The van der Waals surface area contributed by atoms with Crippen LogP contribution in [0.4, 0.5) is 0 Å². The summed E-state index contributed by atoms with van der Waals surface area (Å²) in [5.74, 6) is 1.39. The summed E-state index contributed by atoms with van der Waals surface area (Å²) in [6.45, 7) is 9.48. The van der Waals surface area contributed by atoms with Gasteiger partial charge in [-0.15, -0.1) is 10.2 Å². The van der Waals surface area contributed by atoms with E-state index in [1.165, 1.54) is 0 Å². The quantitative estimate of drug-likeness (QED) is 0.759. The van der Waals surface area contributed by atoms with Crippen LogP contribution in [0, 0.1) is 0 Å². The zero-order valence-corrected chi connectivity index (χ0v) is 13.6. The standard InChI is InChI=1S/C17H22N4O2/c1-4-21-12-19-20-16(21)8-9-18-17(22)14-6-5-7-15(10-14)23-11-13(2)3/h5-7,10,12H,2,4,8-9,11H2,1,3H3,(H,18,22). The van der Waals surface area contributed by atoms with E-state index in [4.69, 9.17) is 4.74 Å². The third kappa shape index (κ3) is 4.95. The Morgan fingerprint density at radius 3 is 3.00 bits per heavy atom. The van der Waals surface area contributed by atoms with Gasteiger partial charge in [0.05, 0.1) is 0 Å². The summed E-state index contributed by atoms with van der Waals surface area (Å²) in [5.41, 5.74) is 1.50. The van der Waals surface area contributed by atoms with Crippen LogP contribution in [0.3, 0.4) is 0 Å². The molecule has 0 spiro atoms. The van der Waals surface area contributed by atoms with E-state index in [0.29, 0.717) is 30.9 Å². The molecule has 0 aliphatic rings. The van der Waals surface area contributed by atoms with Crippen molar-refractivity contribution in [3.05, 3.63) is 54.1 Å². The molecule has 0 unspecified atom stereocenters. The number of nitrogens with one attached hydrogen (secondary N) is 1. The summed E-state index contributed by atoms with van der Waals surface area (Å²) < 4.78 is 7.51. The van der Waals surface area contributed by atoms with Crippen LogP contribution in [0.2, 0.25) is 0 Å². The Labute approximate surface area is 136 Å². The molecule has 2 aromatic rings. The topological polar surface area (TPSA) is 69.0 Å². The van der Waals surface area contributed by atoms with Gasteiger partial charge in [0, 0.05) is 25.1 Å². The Hall–Kier alpha value is -2.63. The summed E-state index contributed by atoms with van der Waals surface area (Å²) >= 11 is 0. The zero-order chi connectivity index (χ0) is 16.7. The molecule has 0 atom stereocenters. The largest absolute Gasteiger partial charge is 0.489 e. The minimum atomic E-state index is -0.131. The maximum atomic E-state index is 12.2. The summed E-state index contributed by atoms with van der Waals surface area (Å²) in [6.07, 6.45) is 2.34. The molecule has 0 aliphatic carbocycles. The first-order valence-electron chi connectivity index (χ1n) is 7.62. The summed E-state index contributed by atoms with van der Waals surface area (Å²) in [4.78, 5) is 12.2. The highest BCUT2D eigenvalue weighted by atomic mass is 16.5. The van der Waals surface area contributed by atoms with Crippen molar-refractivity contribution in [1.29, 1.82) is 0 Å². The highest BCUT2D eigenvalue weighted by molar-refractivity contribution is 5.94. The molecular formula is C17H22N4O2. The molecule has 1 amide bonds. The molecule has 122 valence electrons. The van der Waals surface area contributed by atoms with Crippen LogP contribution < -0.4 is 10.1 Å². The fraction of sp³-hybridized carbons (Fsp3) is 0.353. The number of hydrogen-bond donors (Lipinski definition) is 1. The average Bonchev–Trinajstić information content (AvgIpc) is 3.00. The monoisotopic (exact) mass is 314 g/mol. The number of benzene rings is 1. The first-order chi connectivity index (χ1) is 11.1. The molecule has 0 saturated carbocycles. The van der Waals surface area contributed by atoms with Crippen LogP contribution in [0.5, 0.6) is 5.75 Å². The van der Waals surface area contributed by atoms with Gasteiger partial charge < -0.3 is 14.6 Å². The average molecular weight is 314 g/mol. The first kappa shape index (κ1) is 16.7. The Morgan fingerprint density at radius 2 is 2.26 bits per heavy atom. The minimum Gasteiger partial charge on any atom is -0.489 e. The number of rotatable bonds is 8. The molecule has 0 bridgehead atoms. The molecule has 1 aromatic heterocycles. The van der Waals surface area contributed by atoms with Crippen molar-refractivity contribution >= 4 is 5.91 Å². The summed E-state index contributed by atoms with van der Waals surface area (Å²) in [6, 6.07) is 7.12. The van der Waals surface area contributed by atoms with Crippen LogP contribution in [-0.2, 0) is 13.0 Å². The van der Waals surface area contributed by atoms with Gasteiger partial charge in [0.25, 0.3) is 5.91 Å². The van der Waals surface area contributed by atoms with E-state index in [1.807, 2.05) is 24.5 Å². The van der Waals surface area contributed by atoms with Gasteiger partial charge in [-0.3, -0.25) is 4.79 Å². The van der Waals surface area contributed by atoms with E-state index in [0.717, 1.165) is 17.9 Å². The van der Waals surface area contributed by atoms with Crippen molar-refractivity contribution in [3.63, 3.8) is 0 Å². The van der Waals surface area contributed by atoms with Gasteiger partial charge in [-0.2, -0.15) is 0 Å². The van der Waals surface area contributed by atoms with Crippen LogP contribution in [0.15, 0.2) is 42.7 Å². The molecule has 2 rings (SSSR count). The highest BCUT2D eigenvalue weighted by Gasteiger charge is 2.08. The lowest BCUT2D eigenvalue weighted by Crippen LogP contribution is -2.26. The summed E-state index contributed by atoms with van der Waals surface area (Å²) in [7, 11) is 0. The SMILES string of the molecule is C=C(C)COc1cccc(C(=O)NCCc2nncn2CC)c1. The van der Waals surface area contributed by atoms with E-state index >= 15 is 0 Å². The van der Waals surface area contributed by atoms with Crippen molar-refractivity contribution in [2.75, 3.05) is 13.2 Å². The van der Waals surface area contributed by atoms with Crippen molar-refractivity contribution in [2.45, 2.75) is 26.8 Å². The number of hydrogen-bond acceptors (Lipinski definition) is 4. The van der Waals surface area contributed by atoms with Crippen LogP contribution in [0.25, 0.3) is 0 Å². The minimum absolute atomic E-state index is 0.131. The molecule has 23 heavy (non-hydrogen) atoms. The van der Waals surface area contributed by atoms with E-state index in [1.54, 1.807) is 24.5 Å². The smallest absolute Gasteiger partial charge is 0.251 e. The first-order valence-corrected chi connectivity index (χ1v) is 7.62. The fourth-order valence-corrected chi connectivity index (χ4v) is 2.06. The number of amides is 1. The van der Waals surface area contributed by atoms with E-state index in [9.17, 15) is 4.79 Å². The van der Waals surface area contributed by atoms with Gasteiger partial charge >= 0.3 is 0 Å². The number of aromatic nitrogens is 3. The second kappa shape index (κ2) is 8.12. The molecule has 6 nitrogen and oxygen atoms in total. The highest BCUT2D eigenvalue weighted by Crippen LogP contribution is 2.14. The fourth-order valence-electron chi connectivity index (χ4n) is 2.06. The number of ether oxygens (including phenoxy) is 1. The molecule has 1 N–H and O–H groups in total. The molecule has 6 heteroatoms. The number of carbonyl (C=O) groups excluding carboxylic acids is 1. The maximum Gasteiger partial charge on any atom is 0.251 e. The molecule has 0 radical (unpaired) electrons. The van der Waals surface area contributed by atoms with Crippen LogP contribution >= 0.6 is 0 Å². The van der Waals surface area contributed by atoms with Crippen molar-refractivity contribution in [3.8, 4) is 5.75 Å². The van der Waals surface area contributed by atoms with Crippen molar-refractivity contribution < 1.29 is 9.53 Å². The third-order valence-corrected chi connectivity index (χ3v) is 3.25. The molecular weight excluding hydrogens is 292 g/mol. The second-order valence-corrected chi connectivity index (χ2v) is 5.31.